The van der Waals surface area contributed by atoms with Crippen LogP contribution in [0.2, 0.25) is 0 Å². The van der Waals surface area contributed by atoms with E-state index in [1.807, 2.05) is 54.6 Å². The van der Waals surface area contributed by atoms with Crippen molar-refractivity contribution in [1.29, 1.82) is 0 Å². The predicted octanol–water partition coefficient (Wildman–Crippen LogP) is 4.01. The van der Waals surface area contributed by atoms with Gasteiger partial charge in [-0.15, -0.1) is 21.5 Å². The number of fused-ring (bicyclic) bond motifs is 2. The van der Waals surface area contributed by atoms with Gasteiger partial charge in [-0.1, -0.05) is 11.8 Å². The molecule has 0 unspecified atom stereocenters. The van der Waals surface area contributed by atoms with Crippen LogP contribution in [0.4, 0.5) is 0 Å². The van der Waals surface area contributed by atoms with Crippen molar-refractivity contribution in [3.63, 3.8) is 0 Å². The Bertz CT molecular complexity index is 1470. The highest BCUT2D eigenvalue weighted by Gasteiger charge is 2.14. The first-order chi connectivity index (χ1) is 15.0. The van der Waals surface area contributed by atoms with Crippen LogP contribution in [0.3, 0.4) is 0 Å². The van der Waals surface area contributed by atoms with Crippen molar-refractivity contribution in [1.82, 2.24) is 29.5 Å². The highest BCUT2D eigenvalue weighted by Crippen LogP contribution is 2.32. The summed E-state index contributed by atoms with van der Waals surface area (Å²) in [5.74, 6) is 2.67. The van der Waals surface area contributed by atoms with Crippen LogP contribution >= 0.6 is 23.1 Å². The van der Waals surface area contributed by atoms with E-state index < -0.39 is 0 Å². The molecule has 0 radical (unpaired) electrons. The maximum absolute atomic E-state index is 12.7. The molecule has 156 valence electrons. The molecule has 0 amide bonds. The predicted molar refractivity (Wildman–Crippen MR) is 122 cm³/mol. The summed E-state index contributed by atoms with van der Waals surface area (Å²) in [5, 5.41) is 9.20. The van der Waals surface area contributed by atoms with E-state index in [2.05, 4.69) is 25.1 Å². The molecule has 0 saturated carbocycles. The summed E-state index contributed by atoms with van der Waals surface area (Å²) in [7, 11) is 1.64. The Hall–Kier alpha value is -3.24. The molecule has 0 spiro atoms. The lowest BCUT2D eigenvalue weighted by atomic mass is 10.2. The number of aromatic amines is 1. The van der Waals surface area contributed by atoms with Crippen molar-refractivity contribution < 1.29 is 4.74 Å². The van der Waals surface area contributed by atoms with E-state index in [4.69, 9.17) is 4.74 Å². The zero-order chi connectivity index (χ0) is 21.5. The molecule has 1 N–H and O–H groups in total. The summed E-state index contributed by atoms with van der Waals surface area (Å²) in [5.41, 5.74) is 3.23. The average Bonchev–Trinajstić information content (AvgIpc) is 3.37. The number of thiophene rings is 1. The Kier molecular flexibility index (Phi) is 4.95. The second kappa shape index (κ2) is 7.78. The first-order valence-corrected chi connectivity index (χ1v) is 11.3. The van der Waals surface area contributed by atoms with E-state index in [1.54, 1.807) is 7.11 Å². The largest absolute Gasteiger partial charge is 0.497 e. The number of methoxy groups -OCH3 is 1. The van der Waals surface area contributed by atoms with Gasteiger partial charge in [0.25, 0.3) is 5.56 Å². The zero-order valence-electron chi connectivity index (χ0n) is 17.0. The van der Waals surface area contributed by atoms with E-state index in [1.165, 1.54) is 23.1 Å². The summed E-state index contributed by atoms with van der Waals surface area (Å²) in [6.07, 6.45) is 0. The first-order valence-electron chi connectivity index (χ1n) is 9.51. The highest BCUT2D eigenvalue weighted by molar-refractivity contribution is 7.98. The van der Waals surface area contributed by atoms with E-state index in [0.717, 1.165) is 33.4 Å². The molecule has 4 aromatic heterocycles. The fourth-order valence-electron chi connectivity index (χ4n) is 3.38. The lowest BCUT2D eigenvalue weighted by molar-refractivity contribution is 0.415. The second-order valence-corrected chi connectivity index (χ2v) is 8.97. The summed E-state index contributed by atoms with van der Waals surface area (Å²) < 4.78 is 7.73. The van der Waals surface area contributed by atoms with E-state index >= 15 is 0 Å². The molecular weight excluding hydrogens is 432 g/mol. The van der Waals surface area contributed by atoms with Crippen LogP contribution in [0.15, 0.2) is 46.3 Å². The van der Waals surface area contributed by atoms with Crippen LogP contribution in [0, 0.1) is 13.8 Å². The van der Waals surface area contributed by atoms with Gasteiger partial charge in [0.15, 0.2) is 10.8 Å². The molecule has 0 aliphatic heterocycles. The van der Waals surface area contributed by atoms with Crippen LogP contribution < -0.4 is 10.3 Å². The maximum Gasteiger partial charge on any atom is 0.268 e. The molecule has 5 rings (SSSR count). The molecule has 0 aliphatic carbocycles. The van der Waals surface area contributed by atoms with Gasteiger partial charge in [0.1, 0.15) is 22.1 Å². The van der Waals surface area contributed by atoms with E-state index in [9.17, 15) is 4.79 Å². The standard InChI is InChI=1S/C21H18N6O2S2/c1-11-8-18-25-26-21(27(18)12(2)22-11)30-10-17-23-15-9-16(31-19(15)20(28)24-17)13-4-6-14(29-3)7-5-13/h4-9H,10H2,1-3H3,(H,23,24,28). The third-order valence-electron chi connectivity index (χ3n) is 4.80. The molecule has 10 heteroatoms. The Morgan fingerprint density at radius 3 is 2.71 bits per heavy atom. The number of hydrogen-bond donors (Lipinski definition) is 1. The normalized spacial score (nSPS) is 11.5. The Balaban J connectivity index is 1.44. The Morgan fingerprint density at radius 2 is 1.94 bits per heavy atom. The third kappa shape index (κ3) is 3.68. The van der Waals surface area contributed by atoms with Crippen LogP contribution in [-0.2, 0) is 5.75 Å². The van der Waals surface area contributed by atoms with Gasteiger partial charge in [-0.25, -0.2) is 9.97 Å². The fraction of sp³-hybridized carbons (Fsp3) is 0.190. The number of nitrogens with zero attached hydrogens (tertiary/aromatic N) is 5. The molecule has 5 aromatic rings. The van der Waals surface area contributed by atoms with Gasteiger partial charge in [0, 0.05) is 16.6 Å². The smallest absolute Gasteiger partial charge is 0.268 e. The van der Waals surface area contributed by atoms with E-state index in [-0.39, 0.29) is 5.56 Å². The summed E-state index contributed by atoms with van der Waals surface area (Å²) in [6, 6.07) is 11.6. The number of aromatic nitrogens is 6. The Labute approximate surface area is 185 Å². The van der Waals surface area contributed by atoms with Crippen molar-refractivity contribution in [3.05, 3.63) is 64.1 Å². The molecule has 0 fully saturated rings. The number of nitrogens with one attached hydrogen (secondary N) is 1. The topological polar surface area (TPSA) is 98.1 Å². The van der Waals surface area contributed by atoms with Gasteiger partial charge in [-0.2, -0.15) is 0 Å². The number of thioether (sulfide) groups is 1. The van der Waals surface area contributed by atoms with Crippen LogP contribution in [0.25, 0.3) is 26.3 Å². The third-order valence-corrected chi connectivity index (χ3v) is 6.91. The number of H-pyrrole nitrogens is 1. The molecule has 4 heterocycles. The highest BCUT2D eigenvalue weighted by atomic mass is 32.2. The fourth-order valence-corrected chi connectivity index (χ4v) is 5.24. The van der Waals surface area contributed by atoms with Crippen molar-refractivity contribution in [2.24, 2.45) is 0 Å². The molecular formula is C21H18N6O2S2. The van der Waals surface area contributed by atoms with Gasteiger partial charge >= 0.3 is 0 Å². The molecule has 0 atom stereocenters. The van der Waals surface area contributed by atoms with E-state index in [0.29, 0.717) is 27.0 Å². The minimum absolute atomic E-state index is 0.134. The van der Waals surface area contributed by atoms with Gasteiger partial charge in [0.2, 0.25) is 0 Å². The quantitative estimate of drug-likeness (QED) is 0.404. The van der Waals surface area contributed by atoms with Gasteiger partial charge in [-0.3, -0.25) is 9.20 Å². The number of benzene rings is 1. The van der Waals surface area contributed by atoms with Gasteiger partial charge < -0.3 is 9.72 Å². The number of ether oxygens (including phenoxy) is 1. The maximum atomic E-state index is 12.7. The summed E-state index contributed by atoms with van der Waals surface area (Å²) >= 11 is 2.89. The van der Waals surface area contributed by atoms with Crippen LogP contribution in [-0.4, -0.2) is 36.7 Å². The lowest BCUT2D eigenvalue weighted by Crippen LogP contribution is -2.09. The molecule has 0 bridgehead atoms. The minimum atomic E-state index is -0.134. The molecule has 8 nitrogen and oxygen atoms in total. The average molecular weight is 451 g/mol. The van der Waals surface area contributed by atoms with Crippen molar-refractivity contribution >= 4 is 39.0 Å². The number of rotatable bonds is 5. The van der Waals surface area contributed by atoms with Crippen molar-refractivity contribution in [2.75, 3.05) is 7.11 Å². The zero-order valence-corrected chi connectivity index (χ0v) is 18.7. The molecule has 1 aromatic carbocycles. The SMILES string of the molecule is COc1ccc(-c2cc3nc(CSc4nnc5cc(C)nc(C)n45)[nH]c(=O)c3s2)cc1. The molecule has 0 saturated heterocycles. The monoisotopic (exact) mass is 450 g/mol. The molecule has 0 aliphatic rings. The number of aryl methyl sites for hydroxylation is 2. The lowest BCUT2D eigenvalue weighted by Gasteiger charge is -2.04. The van der Waals surface area contributed by atoms with Crippen LogP contribution in [0.1, 0.15) is 17.3 Å². The van der Waals surface area contributed by atoms with Gasteiger partial charge in [0.05, 0.1) is 18.4 Å². The summed E-state index contributed by atoms with van der Waals surface area (Å²) in [4.78, 5) is 25.7. The Morgan fingerprint density at radius 1 is 1.13 bits per heavy atom. The van der Waals surface area contributed by atoms with Crippen LogP contribution in [0.5, 0.6) is 5.75 Å². The van der Waals surface area contributed by atoms with Gasteiger partial charge in [-0.05, 0) is 49.7 Å². The number of hydrogen-bond acceptors (Lipinski definition) is 8. The van der Waals surface area contributed by atoms with Crippen molar-refractivity contribution in [2.45, 2.75) is 24.8 Å². The minimum Gasteiger partial charge on any atom is -0.497 e. The van der Waals surface area contributed by atoms with Crippen molar-refractivity contribution in [3.8, 4) is 16.2 Å². The molecule has 31 heavy (non-hydrogen) atoms. The second-order valence-electron chi connectivity index (χ2n) is 6.98. The first kappa shape index (κ1) is 19.7. The summed E-state index contributed by atoms with van der Waals surface area (Å²) in [6.45, 7) is 3.85.